The molecule has 0 aromatic rings. The summed E-state index contributed by atoms with van der Waals surface area (Å²) in [7, 11) is 0. The lowest BCUT2D eigenvalue weighted by Gasteiger charge is -2.10. The van der Waals surface area contributed by atoms with Crippen LogP contribution in [0.1, 0.15) is 32.6 Å². The van der Waals surface area contributed by atoms with Crippen LogP contribution in [0.25, 0.3) is 0 Å². The zero-order valence-electron chi connectivity index (χ0n) is 6.95. The summed E-state index contributed by atoms with van der Waals surface area (Å²) in [6.07, 6.45) is 2.37. The van der Waals surface area contributed by atoms with Crippen LogP contribution in [-0.4, -0.2) is 28.0 Å². The molecule has 0 fully saturated rings. The van der Waals surface area contributed by atoms with Gasteiger partial charge in [0.05, 0.1) is 12.7 Å². The highest BCUT2D eigenvalue weighted by Gasteiger charge is 2.07. The van der Waals surface area contributed by atoms with E-state index in [1.807, 2.05) is 6.92 Å². The third-order valence-corrected chi connectivity index (χ3v) is 1.57. The van der Waals surface area contributed by atoms with Crippen LogP contribution in [-0.2, 0) is 0 Å². The third kappa shape index (κ3) is 6.28. The molecule has 67 valence electrons. The Balaban J connectivity index is 3.22. The van der Waals surface area contributed by atoms with Crippen molar-refractivity contribution in [2.45, 2.75) is 38.7 Å². The Labute approximate surface area is 67.7 Å². The highest BCUT2D eigenvalue weighted by atomic mass is 16.3. The monoisotopic (exact) mass is 161 g/mol. The lowest BCUT2D eigenvalue weighted by Crippen LogP contribution is -2.10. The molecule has 0 aromatic carbocycles. The zero-order chi connectivity index (χ0) is 8.69. The first-order chi connectivity index (χ1) is 5.20. The van der Waals surface area contributed by atoms with E-state index in [4.69, 9.17) is 10.2 Å². The Kier molecular flexibility index (Phi) is 6.51. The average molecular weight is 161 g/mol. The standard InChI is InChI=1S/C8H17O3/c1-2-3-7(10)4-5-8(11)6-9/h7,9-11H,2-6H2,1H3. The van der Waals surface area contributed by atoms with Gasteiger partial charge in [0.15, 0.2) is 0 Å². The van der Waals surface area contributed by atoms with Crippen LogP contribution in [0.15, 0.2) is 0 Å². The lowest BCUT2D eigenvalue weighted by atomic mass is 10.1. The van der Waals surface area contributed by atoms with Crippen LogP contribution in [0.2, 0.25) is 0 Å². The minimum atomic E-state index is -0.339. The van der Waals surface area contributed by atoms with Gasteiger partial charge in [-0.3, -0.25) is 0 Å². The highest BCUT2D eigenvalue weighted by molar-refractivity contribution is 4.74. The Morgan fingerprint density at radius 2 is 2.00 bits per heavy atom. The Bertz CT molecular complexity index is 85.4. The van der Waals surface area contributed by atoms with Gasteiger partial charge in [-0.25, -0.2) is 0 Å². The fourth-order valence-corrected chi connectivity index (χ4v) is 0.890. The smallest absolute Gasteiger partial charge is 0.119 e. The molecule has 0 aliphatic carbocycles. The van der Waals surface area contributed by atoms with Crippen molar-refractivity contribution in [2.24, 2.45) is 0 Å². The molecule has 1 atom stereocenters. The van der Waals surface area contributed by atoms with Crippen LogP contribution in [0, 0.1) is 6.10 Å². The van der Waals surface area contributed by atoms with Gasteiger partial charge in [0.2, 0.25) is 0 Å². The quantitative estimate of drug-likeness (QED) is 0.540. The number of aliphatic hydroxyl groups excluding tert-OH is 3. The largest absolute Gasteiger partial charge is 0.393 e. The number of hydrogen-bond acceptors (Lipinski definition) is 3. The third-order valence-electron chi connectivity index (χ3n) is 1.57. The maximum Gasteiger partial charge on any atom is 0.119 e. The summed E-state index contributed by atoms with van der Waals surface area (Å²) in [5, 5.41) is 26.4. The maximum absolute atomic E-state index is 9.19. The molecule has 1 radical (unpaired) electrons. The number of hydrogen-bond donors (Lipinski definition) is 3. The molecule has 3 nitrogen and oxygen atoms in total. The predicted molar refractivity (Wildman–Crippen MR) is 42.4 cm³/mol. The fraction of sp³-hybridized carbons (Fsp3) is 0.875. The Hall–Kier alpha value is -0.120. The second kappa shape index (κ2) is 6.58. The molecule has 0 amide bonds. The normalized spacial score (nSPS) is 13.9. The van der Waals surface area contributed by atoms with Gasteiger partial charge in [-0.1, -0.05) is 13.3 Å². The van der Waals surface area contributed by atoms with Crippen LogP contribution in [0.3, 0.4) is 0 Å². The molecule has 3 heteroatoms. The molecule has 0 aliphatic rings. The van der Waals surface area contributed by atoms with Gasteiger partial charge in [-0.05, 0) is 19.3 Å². The minimum absolute atomic E-state index is 0.0557. The number of aliphatic hydroxyl groups is 3. The van der Waals surface area contributed by atoms with Crippen LogP contribution >= 0.6 is 0 Å². The van der Waals surface area contributed by atoms with Gasteiger partial charge in [0, 0.05) is 0 Å². The molecule has 0 aromatic heterocycles. The van der Waals surface area contributed by atoms with Crippen molar-refractivity contribution >= 4 is 0 Å². The molecule has 11 heavy (non-hydrogen) atoms. The van der Waals surface area contributed by atoms with Crippen molar-refractivity contribution < 1.29 is 15.3 Å². The Morgan fingerprint density at radius 1 is 1.36 bits per heavy atom. The fourth-order valence-electron chi connectivity index (χ4n) is 0.890. The SMILES string of the molecule is CCCC(O)CC[C](O)CO. The predicted octanol–water partition coefficient (Wildman–Crippen LogP) is 0.824. The summed E-state index contributed by atoms with van der Waals surface area (Å²) >= 11 is 0. The molecule has 0 heterocycles. The highest BCUT2D eigenvalue weighted by Crippen LogP contribution is 2.09. The van der Waals surface area contributed by atoms with Crippen molar-refractivity contribution in [1.29, 1.82) is 0 Å². The van der Waals surface area contributed by atoms with E-state index in [0.717, 1.165) is 12.8 Å². The van der Waals surface area contributed by atoms with Crippen LogP contribution in [0.4, 0.5) is 0 Å². The van der Waals surface area contributed by atoms with Gasteiger partial charge in [0.25, 0.3) is 0 Å². The van der Waals surface area contributed by atoms with Gasteiger partial charge < -0.3 is 15.3 Å². The van der Waals surface area contributed by atoms with Crippen LogP contribution in [0.5, 0.6) is 0 Å². The van der Waals surface area contributed by atoms with Crippen LogP contribution < -0.4 is 0 Å². The molecule has 0 bridgehead atoms. The van der Waals surface area contributed by atoms with Gasteiger partial charge >= 0.3 is 0 Å². The van der Waals surface area contributed by atoms with E-state index < -0.39 is 0 Å². The van der Waals surface area contributed by atoms with Crippen molar-refractivity contribution in [3.63, 3.8) is 0 Å². The average Bonchev–Trinajstić information content (AvgIpc) is 2.01. The van der Waals surface area contributed by atoms with Gasteiger partial charge in [-0.2, -0.15) is 0 Å². The molecule has 0 spiro atoms. The second-order valence-corrected chi connectivity index (χ2v) is 2.71. The van der Waals surface area contributed by atoms with E-state index in [0.29, 0.717) is 12.8 Å². The summed E-state index contributed by atoms with van der Waals surface area (Å²) in [6.45, 7) is 1.71. The van der Waals surface area contributed by atoms with E-state index >= 15 is 0 Å². The van der Waals surface area contributed by atoms with E-state index in [9.17, 15) is 5.11 Å². The molecule has 3 N–H and O–H groups in total. The molecular formula is C8H17O3. The lowest BCUT2D eigenvalue weighted by molar-refractivity contribution is 0.125. The van der Waals surface area contributed by atoms with Crippen molar-refractivity contribution in [1.82, 2.24) is 0 Å². The molecule has 1 unspecified atom stereocenters. The van der Waals surface area contributed by atoms with E-state index in [1.54, 1.807) is 0 Å². The zero-order valence-corrected chi connectivity index (χ0v) is 6.95. The molecule has 0 rings (SSSR count). The van der Waals surface area contributed by atoms with Crippen molar-refractivity contribution in [3.05, 3.63) is 6.10 Å². The first kappa shape index (κ1) is 10.9. The number of rotatable bonds is 6. The van der Waals surface area contributed by atoms with Gasteiger partial charge in [-0.15, -0.1) is 0 Å². The van der Waals surface area contributed by atoms with Gasteiger partial charge in [0.1, 0.15) is 6.10 Å². The van der Waals surface area contributed by atoms with E-state index in [-0.39, 0.29) is 18.8 Å². The Morgan fingerprint density at radius 3 is 2.45 bits per heavy atom. The molecule has 0 aliphatic heterocycles. The first-order valence-corrected chi connectivity index (χ1v) is 4.03. The minimum Gasteiger partial charge on any atom is -0.393 e. The summed E-state index contributed by atoms with van der Waals surface area (Å²) in [4.78, 5) is 0. The maximum atomic E-state index is 9.19. The topological polar surface area (TPSA) is 60.7 Å². The van der Waals surface area contributed by atoms with Crippen molar-refractivity contribution in [2.75, 3.05) is 6.61 Å². The van der Waals surface area contributed by atoms with E-state index in [2.05, 4.69) is 0 Å². The molecular weight excluding hydrogens is 144 g/mol. The molecule has 0 saturated carbocycles. The molecule has 0 saturated heterocycles. The first-order valence-electron chi connectivity index (χ1n) is 4.03. The van der Waals surface area contributed by atoms with Crippen molar-refractivity contribution in [3.8, 4) is 0 Å². The van der Waals surface area contributed by atoms with E-state index in [1.165, 1.54) is 0 Å². The summed E-state index contributed by atoms with van der Waals surface area (Å²) in [5.74, 6) is 0. The second-order valence-electron chi connectivity index (χ2n) is 2.71. The summed E-state index contributed by atoms with van der Waals surface area (Å²) < 4.78 is 0. The summed E-state index contributed by atoms with van der Waals surface area (Å²) in [5.41, 5.74) is 0. The summed E-state index contributed by atoms with van der Waals surface area (Å²) in [6, 6.07) is 0.